The van der Waals surface area contributed by atoms with Crippen LogP contribution in [0, 0.1) is 0 Å². The summed E-state index contributed by atoms with van der Waals surface area (Å²) in [5.74, 6) is 0. The lowest BCUT2D eigenvalue weighted by molar-refractivity contribution is -0.248. The summed E-state index contributed by atoms with van der Waals surface area (Å²) in [6, 6.07) is 7.26. The van der Waals surface area contributed by atoms with Gasteiger partial charge in [0.15, 0.2) is 0 Å². The summed E-state index contributed by atoms with van der Waals surface area (Å²) in [5, 5.41) is 10.4. The highest BCUT2D eigenvalue weighted by Crippen LogP contribution is 2.45. The second-order valence-corrected chi connectivity index (χ2v) is 5.72. The van der Waals surface area contributed by atoms with Gasteiger partial charge >= 0.3 is 12.4 Å². The van der Waals surface area contributed by atoms with Crippen LogP contribution in [-0.4, -0.2) is 25.4 Å². The topological polar surface area (TPSA) is 23.5 Å². The monoisotopic (exact) mass is 363 g/mol. The summed E-state index contributed by atoms with van der Waals surface area (Å²) in [6.45, 7) is 0. The van der Waals surface area contributed by atoms with Gasteiger partial charge in [0.05, 0.1) is 5.56 Å². The minimum absolute atomic E-state index is 0.481. The van der Waals surface area contributed by atoms with Gasteiger partial charge < -0.3 is 10.0 Å². The molecule has 1 N–H and O–H groups in total. The number of hydrogen-bond acceptors (Lipinski definition) is 2. The van der Waals surface area contributed by atoms with Crippen molar-refractivity contribution in [1.29, 1.82) is 0 Å². The number of aliphatic hydroxyl groups is 1. The van der Waals surface area contributed by atoms with Crippen molar-refractivity contribution in [3.05, 3.63) is 65.2 Å². The van der Waals surface area contributed by atoms with E-state index >= 15 is 0 Å². The molecule has 0 heterocycles. The Hall–Kier alpha value is -2.22. The Morgan fingerprint density at radius 3 is 1.36 bits per heavy atom. The zero-order valence-electron chi connectivity index (χ0n) is 13.3. The number of benzene rings is 2. The Morgan fingerprint density at radius 2 is 1.04 bits per heavy atom. The van der Waals surface area contributed by atoms with Gasteiger partial charge in [-0.1, -0.05) is 24.3 Å². The van der Waals surface area contributed by atoms with E-state index in [1.54, 1.807) is 19.0 Å². The number of rotatable bonds is 3. The van der Waals surface area contributed by atoms with E-state index in [1.165, 1.54) is 12.1 Å². The molecular formula is C17H15F6NO. The molecule has 0 saturated heterocycles. The van der Waals surface area contributed by atoms with Crippen molar-refractivity contribution in [2.75, 3.05) is 19.0 Å². The van der Waals surface area contributed by atoms with Gasteiger partial charge in [0, 0.05) is 19.8 Å². The molecule has 0 aliphatic heterocycles. The number of anilines is 1. The number of nitrogens with zero attached hydrogens (tertiary/aromatic N) is 1. The Labute approximate surface area is 140 Å². The fourth-order valence-corrected chi connectivity index (χ4v) is 2.40. The Bertz CT molecular complexity index is 719. The zero-order chi connectivity index (χ0) is 19.0. The molecule has 0 fully saturated rings. The van der Waals surface area contributed by atoms with Gasteiger partial charge in [0.25, 0.3) is 0 Å². The van der Waals surface area contributed by atoms with E-state index in [-0.39, 0.29) is 0 Å². The number of hydrogen-bond donors (Lipinski definition) is 1. The average Bonchev–Trinajstić information content (AvgIpc) is 2.52. The van der Waals surface area contributed by atoms with Crippen LogP contribution in [0.2, 0.25) is 0 Å². The third-order valence-electron chi connectivity index (χ3n) is 3.84. The molecule has 0 aliphatic rings. The average molecular weight is 363 g/mol. The second-order valence-electron chi connectivity index (χ2n) is 5.72. The van der Waals surface area contributed by atoms with Gasteiger partial charge in [-0.3, -0.25) is 0 Å². The first-order valence-corrected chi connectivity index (χ1v) is 7.12. The zero-order valence-corrected chi connectivity index (χ0v) is 13.3. The first-order valence-electron chi connectivity index (χ1n) is 7.12. The lowest BCUT2D eigenvalue weighted by Crippen LogP contribution is -2.43. The third kappa shape index (κ3) is 3.58. The quantitative estimate of drug-likeness (QED) is 0.808. The molecule has 0 saturated carbocycles. The highest BCUT2D eigenvalue weighted by atomic mass is 19.4. The van der Waals surface area contributed by atoms with Crippen LogP contribution in [0.25, 0.3) is 0 Å². The lowest BCUT2D eigenvalue weighted by Gasteiger charge is -2.32. The van der Waals surface area contributed by atoms with E-state index in [1.807, 2.05) is 0 Å². The standard InChI is InChI=1S/C17H15F6NO/c1-24(2)14-9-7-12(8-10-14)15(25,17(21,22)23)11-3-5-13(6-4-11)16(18,19)20/h3-10,25H,1-2H3. The van der Waals surface area contributed by atoms with Crippen LogP contribution in [0.4, 0.5) is 32.0 Å². The first kappa shape index (κ1) is 19.1. The highest BCUT2D eigenvalue weighted by molar-refractivity contribution is 5.49. The molecule has 2 aromatic rings. The molecule has 1 unspecified atom stereocenters. The van der Waals surface area contributed by atoms with Crippen molar-refractivity contribution in [3.8, 4) is 0 Å². The highest BCUT2D eigenvalue weighted by Gasteiger charge is 2.56. The van der Waals surface area contributed by atoms with E-state index in [2.05, 4.69) is 0 Å². The van der Waals surface area contributed by atoms with Crippen LogP contribution in [0.3, 0.4) is 0 Å². The second kappa shape index (κ2) is 6.25. The van der Waals surface area contributed by atoms with E-state index in [4.69, 9.17) is 0 Å². The van der Waals surface area contributed by atoms with Gasteiger partial charge in [0.2, 0.25) is 5.60 Å². The van der Waals surface area contributed by atoms with Crippen LogP contribution >= 0.6 is 0 Å². The largest absolute Gasteiger partial charge is 0.425 e. The van der Waals surface area contributed by atoms with Crippen molar-refractivity contribution < 1.29 is 31.4 Å². The van der Waals surface area contributed by atoms with Crippen molar-refractivity contribution in [3.63, 3.8) is 0 Å². The molecule has 0 bridgehead atoms. The minimum Gasteiger partial charge on any atom is -0.378 e. The predicted molar refractivity (Wildman–Crippen MR) is 81.3 cm³/mol. The molecule has 1 atom stereocenters. The molecule has 2 rings (SSSR count). The maximum atomic E-state index is 13.6. The smallest absolute Gasteiger partial charge is 0.378 e. The van der Waals surface area contributed by atoms with Crippen molar-refractivity contribution >= 4 is 5.69 Å². The Balaban J connectivity index is 2.55. The maximum absolute atomic E-state index is 13.6. The third-order valence-corrected chi connectivity index (χ3v) is 3.84. The molecule has 2 nitrogen and oxygen atoms in total. The van der Waals surface area contributed by atoms with E-state index < -0.39 is 34.6 Å². The molecule has 0 aliphatic carbocycles. The van der Waals surface area contributed by atoms with E-state index in [0.29, 0.717) is 30.0 Å². The first-order chi connectivity index (χ1) is 11.4. The predicted octanol–water partition coefficient (Wildman–Crippen LogP) is 4.57. The molecule has 8 heteroatoms. The molecule has 136 valence electrons. The molecule has 0 aromatic heterocycles. The summed E-state index contributed by atoms with van der Waals surface area (Å²) in [6.07, 6.45) is -9.80. The van der Waals surface area contributed by atoms with Gasteiger partial charge in [-0.05, 0) is 35.4 Å². The SMILES string of the molecule is CN(C)c1ccc(C(O)(c2ccc(C(F)(F)F)cc2)C(F)(F)F)cc1. The lowest BCUT2D eigenvalue weighted by atomic mass is 9.85. The van der Waals surface area contributed by atoms with Crippen LogP contribution < -0.4 is 4.90 Å². The normalized spacial score (nSPS) is 14.9. The summed E-state index contributed by atoms with van der Waals surface area (Å²) >= 11 is 0. The van der Waals surface area contributed by atoms with Gasteiger partial charge in [0.1, 0.15) is 0 Å². The van der Waals surface area contributed by atoms with Crippen LogP contribution in [0.15, 0.2) is 48.5 Å². The molecule has 0 radical (unpaired) electrons. The molecule has 0 spiro atoms. The number of alkyl halides is 6. The fraction of sp³-hybridized carbons (Fsp3) is 0.294. The summed E-state index contributed by atoms with van der Waals surface area (Å²) in [7, 11) is 3.39. The fourth-order valence-electron chi connectivity index (χ4n) is 2.40. The van der Waals surface area contributed by atoms with Crippen molar-refractivity contribution in [2.45, 2.75) is 18.0 Å². The van der Waals surface area contributed by atoms with Crippen LogP contribution in [-0.2, 0) is 11.8 Å². The van der Waals surface area contributed by atoms with E-state index in [0.717, 1.165) is 12.1 Å². The summed E-state index contributed by atoms with van der Waals surface area (Å²) in [5.41, 5.74) is -5.07. The van der Waals surface area contributed by atoms with Crippen molar-refractivity contribution in [1.82, 2.24) is 0 Å². The molecule has 25 heavy (non-hydrogen) atoms. The molecule has 2 aromatic carbocycles. The summed E-state index contributed by atoms with van der Waals surface area (Å²) in [4.78, 5) is 1.66. The summed E-state index contributed by atoms with van der Waals surface area (Å²) < 4.78 is 78.6. The molecular weight excluding hydrogens is 348 g/mol. The van der Waals surface area contributed by atoms with Crippen LogP contribution in [0.1, 0.15) is 16.7 Å². The Kier molecular flexibility index (Phi) is 4.78. The Morgan fingerprint density at radius 1 is 0.680 bits per heavy atom. The molecule has 0 amide bonds. The van der Waals surface area contributed by atoms with Gasteiger partial charge in [-0.2, -0.15) is 26.3 Å². The maximum Gasteiger partial charge on any atom is 0.425 e. The van der Waals surface area contributed by atoms with Crippen molar-refractivity contribution in [2.24, 2.45) is 0 Å². The van der Waals surface area contributed by atoms with Gasteiger partial charge in [-0.25, -0.2) is 0 Å². The van der Waals surface area contributed by atoms with E-state index in [9.17, 15) is 31.4 Å². The number of halogens is 6. The van der Waals surface area contributed by atoms with Gasteiger partial charge in [-0.15, -0.1) is 0 Å². The minimum atomic E-state index is -5.12. The van der Waals surface area contributed by atoms with Crippen LogP contribution in [0.5, 0.6) is 0 Å².